The SMILES string of the molecule is CCOC(OCC)c1ccc(C2C(=O)c3c(cccc3OC(C)=O)NC2c2ccccc2)cc1. The van der Waals surface area contributed by atoms with E-state index in [0.717, 1.165) is 16.7 Å². The molecule has 3 aromatic carbocycles. The van der Waals surface area contributed by atoms with Crippen LogP contribution < -0.4 is 10.1 Å². The maximum atomic E-state index is 13.9. The fourth-order valence-corrected chi connectivity index (χ4v) is 4.39. The van der Waals surface area contributed by atoms with Crippen LogP contribution in [0.3, 0.4) is 0 Å². The molecule has 4 rings (SSSR count). The average Bonchev–Trinajstić information content (AvgIpc) is 2.84. The van der Waals surface area contributed by atoms with Crippen molar-refractivity contribution in [2.75, 3.05) is 18.5 Å². The van der Waals surface area contributed by atoms with Gasteiger partial charge in [-0.3, -0.25) is 9.59 Å². The minimum absolute atomic E-state index is 0.0987. The number of benzene rings is 3. The molecular formula is C28H29NO5. The first-order chi connectivity index (χ1) is 16.5. The first-order valence-electron chi connectivity index (χ1n) is 11.5. The summed E-state index contributed by atoms with van der Waals surface area (Å²) in [6, 6.07) is 22.6. The van der Waals surface area contributed by atoms with Gasteiger partial charge in [-0.25, -0.2) is 0 Å². The molecule has 0 aromatic heterocycles. The predicted octanol–water partition coefficient (Wildman–Crippen LogP) is 5.82. The van der Waals surface area contributed by atoms with Crippen molar-refractivity contribution in [1.29, 1.82) is 0 Å². The Labute approximate surface area is 199 Å². The van der Waals surface area contributed by atoms with Crippen LogP contribution in [0.2, 0.25) is 0 Å². The number of anilines is 1. The number of Topliss-reactive ketones (excluding diaryl/α,β-unsaturated/α-hetero) is 1. The lowest BCUT2D eigenvalue weighted by Crippen LogP contribution is -2.32. The zero-order chi connectivity index (χ0) is 24.1. The largest absolute Gasteiger partial charge is 0.426 e. The van der Waals surface area contributed by atoms with Crippen LogP contribution in [-0.2, 0) is 14.3 Å². The highest BCUT2D eigenvalue weighted by Crippen LogP contribution is 2.45. The number of carbonyl (C=O) groups excluding carboxylic acids is 2. The quantitative estimate of drug-likeness (QED) is 0.260. The topological polar surface area (TPSA) is 73.9 Å². The molecule has 2 atom stereocenters. The number of hydrogen-bond acceptors (Lipinski definition) is 6. The van der Waals surface area contributed by atoms with Gasteiger partial charge < -0.3 is 19.5 Å². The molecule has 2 unspecified atom stereocenters. The Morgan fingerprint density at radius 2 is 1.56 bits per heavy atom. The lowest BCUT2D eigenvalue weighted by molar-refractivity contribution is -0.140. The molecule has 176 valence electrons. The first-order valence-corrected chi connectivity index (χ1v) is 11.5. The maximum absolute atomic E-state index is 13.9. The van der Waals surface area contributed by atoms with Gasteiger partial charge in [-0.1, -0.05) is 60.7 Å². The Kier molecular flexibility index (Phi) is 7.40. The third kappa shape index (κ3) is 4.88. The van der Waals surface area contributed by atoms with Crippen LogP contribution in [0.1, 0.15) is 66.1 Å². The summed E-state index contributed by atoms with van der Waals surface area (Å²) in [4.78, 5) is 25.6. The number of ketones is 1. The fourth-order valence-electron chi connectivity index (χ4n) is 4.39. The van der Waals surface area contributed by atoms with E-state index in [1.54, 1.807) is 12.1 Å². The van der Waals surface area contributed by atoms with Gasteiger partial charge in [0.15, 0.2) is 12.1 Å². The van der Waals surface area contributed by atoms with Gasteiger partial charge in [0.05, 0.1) is 17.5 Å². The molecule has 0 saturated heterocycles. The lowest BCUT2D eigenvalue weighted by atomic mass is 9.78. The van der Waals surface area contributed by atoms with Crippen molar-refractivity contribution in [1.82, 2.24) is 0 Å². The molecule has 34 heavy (non-hydrogen) atoms. The minimum Gasteiger partial charge on any atom is -0.426 e. The second-order valence-corrected chi connectivity index (χ2v) is 8.06. The van der Waals surface area contributed by atoms with Crippen molar-refractivity contribution in [2.24, 2.45) is 0 Å². The smallest absolute Gasteiger partial charge is 0.308 e. The Balaban J connectivity index is 1.77. The van der Waals surface area contributed by atoms with E-state index in [9.17, 15) is 9.59 Å². The van der Waals surface area contributed by atoms with E-state index >= 15 is 0 Å². The number of esters is 1. The summed E-state index contributed by atoms with van der Waals surface area (Å²) in [5, 5.41) is 3.52. The number of ether oxygens (including phenoxy) is 3. The van der Waals surface area contributed by atoms with Crippen molar-refractivity contribution in [2.45, 2.75) is 39.0 Å². The number of fused-ring (bicyclic) bond motifs is 1. The Morgan fingerprint density at radius 1 is 0.882 bits per heavy atom. The van der Waals surface area contributed by atoms with Crippen molar-refractivity contribution in [3.63, 3.8) is 0 Å². The van der Waals surface area contributed by atoms with Crippen LogP contribution in [0.25, 0.3) is 0 Å². The average molecular weight is 460 g/mol. The summed E-state index contributed by atoms with van der Waals surface area (Å²) >= 11 is 0. The van der Waals surface area contributed by atoms with Crippen molar-refractivity contribution in [3.8, 4) is 5.75 Å². The van der Waals surface area contributed by atoms with Crippen molar-refractivity contribution >= 4 is 17.4 Å². The minimum atomic E-state index is -0.515. The molecule has 6 nitrogen and oxygen atoms in total. The monoisotopic (exact) mass is 459 g/mol. The summed E-state index contributed by atoms with van der Waals surface area (Å²) in [5.74, 6) is -0.815. The Morgan fingerprint density at radius 3 is 2.18 bits per heavy atom. The molecule has 1 aliphatic heterocycles. The first kappa shape index (κ1) is 23.7. The van der Waals surface area contributed by atoms with E-state index in [-0.39, 0.29) is 17.6 Å². The normalized spacial score (nSPS) is 17.2. The van der Waals surface area contributed by atoms with E-state index in [1.807, 2.05) is 74.5 Å². The van der Waals surface area contributed by atoms with E-state index in [2.05, 4.69) is 5.32 Å². The number of nitrogens with one attached hydrogen (secondary N) is 1. The van der Waals surface area contributed by atoms with Gasteiger partial charge in [-0.15, -0.1) is 0 Å². The number of hydrogen-bond donors (Lipinski definition) is 1. The van der Waals surface area contributed by atoms with Gasteiger partial charge in [0.1, 0.15) is 5.75 Å². The Hall–Kier alpha value is -3.48. The van der Waals surface area contributed by atoms with E-state index in [4.69, 9.17) is 14.2 Å². The summed E-state index contributed by atoms with van der Waals surface area (Å²) < 4.78 is 16.8. The van der Waals surface area contributed by atoms with Gasteiger partial charge >= 0.3 is 5.97 Å². The molecule has 1 aliphatic rings. The van der Waals surface area contributed by atoms with Crippen LogP contribution in [0.15, 0.2) is 72.8 Å². The highest BCUT2D eigenvalue weighted by atomic mass is 16.7. The Bertz CT molecular complexity index is 1140. The third-order valence-electron chi connectivity index (χ3n) is 5.82. The lowest BCUT2D eigenvalue weighted by Gasteiger charge is -2.35. The summed E-state index contributed by atoms with van der Waals surface area (Å²) in [6.45, 7) is 6.24. The third-order valence-corrected chi connectivity index (χ3v) is 5.82. The van der Waals surface area contributed by atoms with Gasteiger partial charge in [-0.2, -0.15) is 0 Å². The second kappa shape index (κ2) is 10.6. The summed E-state index contributed by atoms with van der Waals surface area (Å²) in [7, 11) is 0. The zero-order valence-electron chi connectivity index (χ0n) is 19.6. The molecule has 1 heterocycles. The summed E-state index contributed by atoms with van der Waals surface area (Å²) in [6.07, 6.45) is -0.453. The van der Waals surface area contributed by atoms with Gasteiger partial charge in [0, 0.05) is 31.4 Å². The van der Waals surface area contributed by atoms with E-state index in [1.165, 1.54) is 6.92 Å². The predicted molar refractivity (Wildman–Crippen MR) is 130 cm³/mol. The van der Waals surface area contributed by atoms with Crippen LogP contribution in [0.4, 0.5) is 5.69 Å². The van der Waals surface area contributed by atoms with E-state index in [0.29, 0.717) is 24.5 Å². The van der Waals surface area contributed by atoms with Gasteiger partial charge in [0.25, 0.3) is 0 Å². The highest BCUT2D eigenvalue weighted by molar-refractivity contribution is 6.10. The van der Waals surface area contributed by atoms with Crippen LogP contribution in [0.5, 0.6) is 5.75 Å². The zero-order valence-corrected chi connectivity index (χ0v) is 19.6. The van der Waals surface area contributed by atoms with Gasteiger partial charge in [-0.05, 0) is 37.1 Å². The second-order valence-electron chi connectivity index (χ2n) is 8.06. The molecule has 0 spiro atoms. The van der Waals surface area contributed by atoms with Crippen molar-refractivity contribution in [3.05, 3.63) is 95.1 Å². The molecule has 0 aliphatic carbocycles. The molecule has 0 amide bonds. The molecule has 6 heteroatoms. The highest BCUT2D eigenvalue weighted by Gasteiger charge is 2.39. The molecule has 0 fully saturated rings. The van der Waals surface area contributed by atoms with Crippen LogP contribution in [-0.4, -0.2) is 25.0 Å². The molecule has 3 aromatic rings. The van der Waals surface area contributed by atoms with Crippen LogP contribution in [0, 0.1) is 0 Å². The molecule has 0 saturated carbocycles. The fraction of sp³-hybridized carbons (Fsp3) is 0.286. The van der Waals surface area contributed by atoms with Gasteiger partial charge in [0.2, 0.25) is 0 Å². The van der Waals surface area contributed by atoms with E-state index < -0.39 is 18.2 Å². The molecule has 1 N–H and O–H groups in total. The maximum Gasteiger partial charge on any atom is 0.308 e. The van der Waals surface area contributed by atoms with Crippen molar-refractivity contribution < 1.29 is 23.8 Å². The van der Waals surface area contributed by atoms with Crippen LogP contribution >= 0.6 is 0 Å². The summed E-state index contributed by atoms with van der Waals surface area (Å²) in [5.41, 5.74) is 3.78. The number of rotatable bonds is 8. The molecule has 0 radical (unpaired) electrons. The standard InChI is InChI=1S/C28H29NO5/c1-4-32-28(33-5-2)21-16-14-19(15-17-21)24-26(20-10-7-6-8-11-20)29-22-12-9-13-23(34-18(3)30)25(22)27(24)31/h6-17,24,26,28-29H,4-5H2,1-3H3. The number of carbonyl (C=O) groups is 2. The molecule has 0 bridgehead atoms. The molecular weight excluding hydrogens is 430 g/mol.